The molecule has 0 aliphatic rings. The number of hydrogen-bond acceptors (Lipinski definition) is 4. The molecule has 0 amide bonds. The maximum Gasteiger partial charge on any atom is 0.377 e. The molecule has 0 fully saturated rings. The second-order valence-electron chi connectivity index (χ2n) is 2.11. The molecule has 0 aromatic heterocycles. The Labute approximate surface area is 83.6 Å². The number of carboxylic acids is 1. The van der Waals surface area contributed by atoms with Crippen LogP contribution in [0.3, 0.4) is 0 Å². The lowest BCUT2D eigenvalue weighted by atomic mass is 10.2. The fraction of sp³-hybridized carbons (Fsp3) is 0. The third-order valence-corrected chi connectivity index (χ3v) is 1.22. The fourth-order valence-corrected chi connectivity index (χ4v) is 0.618. The van der Waals surface area contributed by atoms with Gasteiger partial charge in [-0.3, -0.25) is 14.9 Å². The summed E-state index contributed by atoms with van der Waals surface area (Å²) >= 11 is 0. The minimum atomic E-state index is -1.97. The predicted molar refractivity (Wildman–Crippen MR) is 45.1 cm³/mol. The topological polar surface area (TPSA) is 97.5 Å². The van der Waals surface area contributed by atoms with E-state index in [2.05, 4.69) is 0 Å². The molecule has 14 heavy (non-hydrogen) atoms. The van der Waals surface area contributed by atoms with Gasteiger partial charge in [-0.1, -0.05) is 0 Å². The lowest BCUT2D eigenvalue weighted by Gasteiger charge is -1.94. The van der Waals surface area contributed by atoms with Crippen molar-refractivity contribution in [1.82, 2.24) is 0 Å². The van der Waals surface area contributed by atoms with E-state index in [0.717, 1.165) is 0 Å². The number of nitro benzene ring substituents is 1. The molecule has 0 bridgehead atoms. The van der Waals surface area contributed by atoms with E-state index in [1.165, 1.54) is 0 Å². The normalized spacial score (nSPS) is 13.4. The van der Waals surface area contributed by atoms with Gasteiger partial charge in [0.05, 0.1) is 10.4 Å². The van der Waals surface area contributed by atoms with Gasteiger partial charge >= 0.3 is 5.97 Å². The summed E-state index contributed by atoms with van der Waals surface area (Å²) in [5, 5.41) is 19.0. The molecule has 0 saturated heterocycles. The Morgan fingerprint density at radius 3 is 2.21 bits per heavy atom. The second kappa shape index (κ2) is 3.65. The Morgan fingerprint density at radius 1 is 1.36 bits per heavy atom. The highest BCUT2D eigenvalue weighted by Crippen LogP contribution is 2.12. The summed E-state index contributed by atoms with van der Waals surface area (Å²) in [5.41, 5.74) is -2.10. The van der Waals surface area contributed by atoms with Crippen molar-refractivity contribution in [2.75, 3.05) is 0 Å². The predicted octanol–water partition coefficient (Wildman–Crippen LogP) is 0.862. The van der Waals surface area contributed by atoms with E-state index >= 15 is 0 Å². The largest absolute Gasteiger partial charge is 0.475 e. The summed E-state index contributed by atoms with van der Waals surface area (Å²) in [4.78, 5) is 31.1. The standard InChI is InChI=1S/C8H5NO5/c10-7(8(11)12)5-1-3-6(4-2-5)9(13)14/h1-4H,(H,11,12)/i1D,2D,3D,4D,7+1. The zero-order chi connectivity index (χ0) is 14.2. The number of ketones is 1. The molecule has 1 rings (SSSR count). The third-order valence-electron chi connectivity index (χ3n) is 1.22. The van der Waals surface area contributed by atoms with Crippen molar-refractivity contribution < 1.29 is 25.1 Å². The maximum absolute atomic E-state index is 11.2. The number of carbonyl (C=O) groups excluding carboxylic acids is 1. The van der Waals surface area contributed by atoms with Crippen LogP contribution < -0.4 is 0 Å². The molecule has 1 aromatic carbocycles. The van der Waals surface area contributed by atoms with Crippen LogP contribution in [0.5, 0.6) is 0 Å². The van der Waals surface area contributed by atoms with Crippen LogP contribution in [0.25, 0.3) is 0 Å². The molecule has 72 valence electrons. The zero-order valence-corrected chi connectivity index (χ0v) is 6.53. The highest BCUT2D eigenvalue weighted by atomic mass is 16.6. The van der Waals surface area contributed by atoms with E-state index in [0.29, 0.717) is 0 Å². The number of hydrogen-bond donors (Lipinski definition) is 1. The monoisotopic (exact) mass is 200 g/mol. The van der Waals surface area contributed by atoms with Crippen molar-refractivity contribution in [1.29, 1.82) is 0 Å². The number of Topliss-reactive ketones (excluding diaryl/α,β-unsaturated/α-hetero) is 1. The van der Waals surface area contributed by atoms with Crippen molar-refractivity contribution in [2.24, 2.45) is 0 Å². The third kappa shape index (κ3) is 1.92. The van der Waals surface area contributed by atoms with Crippen LogP contribution in [0.2, 0.25) is 0 Å². The number of nitro groups is 1. The Bertz CT molecular complexity index is 556. The van der Waals surface area contributed by atoms with E-state index in [1.807, 2.05) is 0 Å². The molecular formula is C8H5NO5. The molecule has 0 aliphatic heterocycles. The van der Waals surface area contributed by atoms with Gasteiger partial charge in [-0.2, -0.15) is 0 Å². The molecule has 0 aliphatic carbocycles. The lowest BCUT2D eigenvalue weighted by Crippen LogP contribution is -2.12. The number of carboxylic acid groups (broad SMARTS) is 1. The summed E-state index contributed by atoms with van der Waals surface area (Å²) in [6.07, 6.45) is 0. The van der Waals surface area contributed by atoms with Crippen molar-refractivity contribution in [3.63, 3.8) is 0 Å². The first-order valence-corrected chi connectivity index (χ1v) is 3.22. The Balaban J connectivity index is 3.74. The minimum Gasteiger partial charge on any atom is -0.475 e. The van der Waals surface area contributed by atoms with Crippen LogP contribution >= 0.6 is 0 Å². The van der Waals surface area contributed by atoms with Gasteiger partial charge in [-0.25, -0.2) is 4.79 Å². The van der Waals surface area contributed by atoms with Gasteiger partial charge in [0.15, 0.2) is 0 Å². The summed E-state index contributed by atoms with van der Waals surface area (Å²) < 4.78 is 29.1. The van der Waals surface area contributed by atoms with Gasteiger partial charge < -0.3 is 5.11 Å². The van der Waals surface area contributed by atoms with Gasteiger partial charge in [0.2, 0.25) is 0 Å². The SMILES string of the molecule is [2H]c1c([2H])c([N+](=O)[O-])c([2H])c([2H])c1[13C](=O)C(=O)O. The highest BCUT2D eigenvalue weighted by Gasteiger charge is 2.15. The summed E-state index contributed by atoms with van der Waals surface area (Å²) in [6.45, 7) is 0. The summed E-state index contributed by atoms with van der Waals surface area (Å²) in [5.74, 6) is -3.62. The van der Waals surface area contributed by atoms with E-state index in [4.69, 9.17) is 10.6 Å². The number of nitrogens with zero attached hydrogens (tertiary/aromatic N) is 1. The van der Waals surface area contributed by atoms with Crippen LogP contribution in [0, 0.1) is 10.1 Å². The van der Waals surface area contributed by atoms with Crippen molar-refractivity contribution >= 4 is 17.4 Å². The van der Waals surface area contributed by atoms with Crippen molar-refractivity contribution in [3.05, 3.63) is 39.8 Å². The quantitative estimate of drug-likeness (QED) is 0.256. The Kier molecular flexibility index (Phi) is 1.43. The Morgan fingerprint density at radius 2 is 1.86 bits per heavy atom. The fourth-order valence-electron chi connectivity index (χ4n) is 0.618. The number of rotatable bonds is 3. The van der Waals surface area contributed by atoms with Gasteiger partial charge in [0.25, 0.3) is 11.5 Å². The molecular weight excluding hydrogens is 191 g/mol. The number of benzene rings is 1. The maximum atomic E-state index is 11.2. The van der Waals surface area contributed by atoms with Crippen LogP contribution in [0.1, 0.15) is 15.8 Å². The minimum absolute atomic E-state index is 0.997. The first kappa shape index (κ1) is 5.48. The summed E-state index contributed by atoms with van der Waals surface area (Å²) in [7, 11) is 0. The van der Waals surface area contributed by atoms with Crippen LogP contribution in [-0.4, -0.2) is 21.8 Å². The van der Waals surface area contributed by atoms with Crippen LogP contribution in [0.15, 0.2) is 24.2 Å². The number of aliphatic carboxylic acids is 1. The Hall–Kier alpha value is -2.24. The van der Waals surface area contributed by atoms with E-state index in [-0.39, 0.29) is 0 Å². The van der Waals surface area contributed by atoms with E-state index in [1.54, 1.807) is 0 Å². The highest BCUT2D eigenvalue weighted by molar-refractivity contribution is 6.39. The summed E-state index contributed by atoms with van der Waals surface area (Å²) in [6, 6.07) is -4.22. The average Bonchev–Trinajstić information content (AvgIpc) is 2.26. The zero-order valence-electron chi connectivity index (χ0n) is 10.5. The smallest absolute Gasteiger partial charge is 0.377 e. The molecule has 6 heteroatoms. The van der Waals surface area contributed by atoms with Gasteiger partial charge in [0.1, 0.15) is 0 Å². The second-order valence-corrected chi connectivity index (χ2v) is 2.11. The van der Waals surface area contributed by atoms with E-state index < -0.39 is 52.1 Å². The molecule has 1 aromatic rings. The molecule has 6 nitrogen and oxygen atoms in total. The van der Waals surface area contributed by atoms with E-state index in [9.17, 15) is 19.7 Å². The van der Waals surface area contributed by atoms with Gasteiger partial charge in [-0.15, -0.1) is 0 Å². The first-order chi connectivity index (χ1) is 8.20. The molecule has 0 heterocycles. The first-order valence-electron chi connectivity index (χ1n) is 5.22. The van der Waals surface area contributed by atoms with Crippen LogP contribution in [-0.2, 0) is 4.79 Å². The molecule has 0 atom stereocenters. The molecule has 0 radical (unpaired) electrons. The number of carbonyl (C=O) groups is 2. The van der Waals surface area contributed by atoms with Crippen LogP contribution in [0.4, 0.5) is 5.69 Å². The van der Waals surface area contributed by atoms with Crippen molar-refractivity contribution in [2.45, 2.75) is 0 Å². The van der Waals surface area contributed by atoms with Gasteiger partial charge in [0, 0.05) is 17.6 Å². The molecule has 1 N–H and O–H groups in total. The van der Waals surface area contributed by atoms with Gasteiger partial charge in [-0.05, 0) is 12.1 Å². The average molecular weight is 200 g/mol. The molecule has 0 unspecified atom stereocenters. The molecule has 0 saturated carbocycles. The molecule has 0 spiro atoms. The van der Waals surface area contributed by atoms with Crippen molar-refractivity contribution in [3.8, 4) is 0 Å². The lowest BCUT2D eigenvalue weighted by molar-refractivity contribution is -0.384.